The monoisotopic (exact) mass is 447 g/mol. The van der Waals surface area contributed by atoms with Gasteiger partial charge < -0.3 is 15.4 Å². The first-order chi connectivity index (χ1) is 12.0. The van der Waals surface area contributed by atoms with E-state index in [0.29, 0.717) is 12.2 Å². The molecule has 0 saturated heterocycles. The third-order valence-corrected chi connectivity index (χ3v) is 4.18. The van der Waals surface area contributed by atoms with Crippen LogP contribution in [0.2, 0.25) is 0 Å². The predicted molar refractivity (Wildman–Crippen MR) is 106 cm³/mol. The molecule has 6 heteroatoms. The van der Waals surface area contributed by atoms with Gasteiger partial charge in [0.1, 0.15) is 17.4 Å². The van der Waals surface area contributed by atoms with Gasteiger partial charge in [0, 0.05) is 22.0 Å². The first kappa shape index (κ1) is 18.8. The second-order valence-electron chi connectivity index (χ2n) is 5.31. The summed E-state index contributed by atoms with van der Waals surface area (Å²) in [6.07, 6.45) is 1.43. The number of amides is 1. The summed E-state index contributed by atoms with van der Waals surface area (Å²) >= 11 is 2.21. The Morgan fingerprint density at radius 2 is 2.00 bits per heavy atom. The number of carbonyl (C=O) groups is 1. The van der Waals surface area contributed by atoms with Gasteiger partial charge in [0.05, 0.1) is 7.11 Å². The van der Waals surface area contributed by atoms with E-state index in [4.69, 9.17) is 4.74 Å². The number of methoxy groups -OCH3 is 1. The highest BCUT2D eigenvalue weighted by molar-refractivity contribution is 14.1. The van der Waals surface area contributed by atoms with Gasteiger partial charge in [-0.05, 0) is 71.0 Å². The van der Waals surface area contributed by atoms with Crippen LogP contribution >= 0.6 is 22.6 Å². The van der Waals surface area contributed by atoms with Crippen LogP contribution < -0.4 is 15.4 Å². The number of nitrogens with zero attached hydrogens (tertiary/aromatic N) is 1. The number of aryl methyl sites for hydroxylation is 1. The van der Waals surface area contributed by atoms with E-state index in [2.05, 4.69) is 33.2 Å². The Balaban J connectivity index is 1.98. The Kier molecular flexibility index (Phi) is 6.83. The van der Waals surface area contributed by atoms with Crippen molar-refractivity contribution in [2.24, 2.45) is 0 Å². The summed E-state index contributed by atoms with van der Waals surface area (Å²) in [4.78, 5) is 12.2. The number of hydrogen-bond donors (Lipinski definition) is 2. The van der Waals surface area contributed by atoms with Crippen LogP contribution in [0.3, 0.4) is 0 Å². The lowest BCUT2D eigenvalue weighted by Gasteiger charge is -2.08. The number of rotatable bonds is 6. The molecule has 0 bridgehead atoms. The average Bonchev–Trinajstić information content (AvgIpc) is 2.61. The fourth-order valence-corrected chi connectivity index (χ4v) is 2.77. The minimum Gasteiger partial charge on any atom is -0.497 e. The highest BCUT2D eigenvalue weighted by Crippen LogP contribution is 2.18. The summed E-state index contributed by atoms with van der Waals surface area (Å²) in [5, 5.41) is 15.0. The second kappa shape index (κ2) is 9.08. The van der Waals surface area contributed by atoms with Crippen LogP contribution in [0.15, 0.2) is 54.2 Å². The Hall–Kier alpha value is -2.53. The Labute approximate surface area is 160 Å². The molecule has 0 aliphatic heterocycles. The molecule has 0 fully saturated rings. The highest BCUT2D eigenvalue weighted by atomic mass is 127. The van der Waals surface area contributed by atoms with Crippen molar-refractivity contribution in [3.05, 3.63) is 68.9 Å². The van der Waals surface area contributed by atoms with Crippen molar-refractivity contribution in [2.45, 2.75) is 13.5 Å². The number of nitrogens with one attached hydrogen (secondary N) is 2. The van der Waals surface area contributed by atoms with E-state index in [1.807, 2.05) is 55.5 Å². The van der Waals surface area contributed by atoms with Crippen molar-refractivity contribution in [2.75, 3.05) is 12.4 Å². The molecule has 5 nitrogen and oxygen atoms in total. The van der Waals surface area contributed by atoms with E-state index in [1.54, 1.807) is 7.11 Å². The largest absolute Gasteiger partial charge is 0.497 e. The lowest BCUT2D eigenvalue weighted by Crippen LogP contribution is -2.17. The number of halogens is 1. The van der Waals surface area contributed by atoms with Gasteiger partial charge in [-0.2, -0.15) is 5.26 Å². The lowest BCUT2D eigenvalue weighted by molar-refractivity contribution is -0.112. The zero-order valence-electron chi connectivity index (χ0n) is 14.0. The second-order valence-corrected chi connectivity index (χ2v) is 6.56. The van der Waals surface area contributed by atoms with Crippen molar-refractivity contribution in [1.82, 2.24) is 5.32 Å². The van der Waals surface area contributed by atoms with Crippen molar-refractivity contribution >= 4 is 34.2 Å². The third-order valence-electron chi connectivity index (χ3n) is 3.51. The molecule has 0 aromatic heterocycles. The third kappa shape index (κ3) is 5.50. The fraction of sp³-hybridized carbons (Fsp3) is 0.158. The van der Waals surface area contributed by atoms with Gasteiger partial charge in [0.25, 0.3) is 5.91 Å². The maximum atomic E-state index is 12.2. The zero-order valence-corrected chi connectivity index (χ0v) is 16.1. The molecule has 0 aliphatic carbocycles. The van der Waals surface area contributed by atoms with Crippen molar-refractivity contribution in [1.29, 1.82) is 5.26 Å². The molecule has 0 heterocycles. The van der Waals surface area contributed by atoms with Gasteiger partial charge in [-0.15, -0.1) is 0 Å². The molecule has 128 valence electrons. The first-order valence-electron chi connectivity index (χ1n) is 7.57. The molecule has 0 saturated carbocycles. The van der Waals surface area contributed by atoms with Gasteiger partial charge >= 0.3 is 0 Å². The van der Waals surface area contributed by atoms with Gasteiger partial charge in [-0.25, -0.2) is 0 Å². The van der Waals surface area contributed by atoms with Crippen molar-refractivity contribution < 1.29 is 9.53 Å². The summed E-state index contributed by atoms with van der Waals surface area (Å²) in [6, 6.07) is 15.2. The molecular weight excluding hydrogens is 429 g/mol. The standard InChI is InChI=1S/C19H18IN3O2/c1-13-9-16(20)5-8-18(13)23-19(24)15(10-21)12-22-11-14-3-6-17(25-2)7-4-14/h3-9,12,22H,11H2,1-2H3,(H,23,24)/b15-12-. The lowest BCUT2D eigenvalue weighted by atomic mass is 10.2. The summed E-state index contributed by atoms with van der Waals surface area (Å²) in [6.45, 7) is 2.42. The molecule has 0 atom stereocenters. The maximum absolute atomic E-state index is 12.2. The number of nitriles is 1. The van der Waals surface area contributed by atoms with Crippen molar-refractivity contribution in [3.63, 3.8) is 0 Å². The Morgan fingerprint density at radius 3 is 2.60 bits per heavy atom. The molecule has 0 unspecified atom stereocenters. The SMILES string of the molecule is COc1ccc(CN/C=C(/C#N)C(=O)Nc2ccc(I)cc2C)cc1. The Bertz CT molecular complexity index is 824. The molecule has 2 rings (SSSR count). The number of carbonyl (C=O) groups excluding carboxylic acids is 1. The minimum atomic E-state index is -0.436. The van der Waals surface area contributed by atoms with Crippen LogP contribution in [0, 0.1) is 21.8 Å². The van der Waals surface area contributed by atoms with E-state index in [0.717, 1.165) is 20.4 Å². The number of anilines is 1. The zero-order chi connectivity index (χ0) is 18.2. The number of hydrogen-bond acceptors (Lipinski definition) is 4. The molecule has 2 N–H and O–H groups in total. The maximum Gasteiger partial charge on any atom is 0.267 e. The summed E-state index contributed by atoms with van der Waals surface area (Å²) in [7, 11) is 1.61. The quantitative estimate of drug-likeness (QED) is 0.402. The smallest absolute Gasteiger partial charge is 0.267 e. The number of benzene rings is 2. The summed E-state index contributed by atoms with van der Waals surface area (Å²) in [5.74, 6) is 0.346. The van der Waals surface area contributed by atoms with E-state index >= 15 is 0 Å². The van der Waals surface area contributed by atoms with Crippen LogP contribution in [0.5, 0.6) is 5.75 Å². The topological polar surface area (TPSA) is 74.1 Å². The van der Waals surface area contributed by atoms with Crippen molar-refractivity contribution in [3.8, 4) is 11.8 Å². The molecular formula is C19H18IN3O2. The van der Waals surface area contributed by atoms with Gasteiger partial charge in [-0.1, -0.05) is 12.1 Å². The normalized spacial score (nSPS) is 10.7. The predicted octanol–water partition coefficient (Wildman–Crippen LogP) is 3.74. The minimum absolute atomic E-state index is 0.0199. The summed E-state index contributed by atoms with van der Waals surface area (Å²) < 4.78 is 6.19. The molecule has 0 radical (unpaired) electrons. The molecule has 2 aromatic rings. The molecule has 1 amide bonds. The fourth-order valence-electron chi connectivity index (χ4n) is 2.12. The molecule has 2 aromatic carbocycles. The Morgan fingerprint density at radius 1 is 1.28 bits per heavy atom. The van der Waals surface area contributed by atoms with Crippen LogP contribution in [-0.4, -0.2) is 13.0 Å². The van der Waals surface area contributed by atoms with Gasteiger partial charge in [0.15, 0.2) is 0 Å². The van der Waals surface area contributed by atoms with Crippen LogP contribution in [-0.2, 0) is 11.3 Å². The van der Waals surface area contributed by atoms with E-state index in [-0.39, 0.29) is 5.57 Å². The number of ether oxygens (including phenoxy) is 1. The van der Waals surface area contributed by atoms with E-state index in [1.165, 1.54) is 6.20 Å². The molecule has 0 aliphatic rings. The van der Waals surface area contributed by atoms with Crippen LogP contribution in [0.25, 0.3) is 0 Å². The molecule has 25 heavy (non-hydrogen) atoms. The van der Waals surface area contributed by atoms with Crippen LogP contribution in [0.1, 0.15) is 11.1 Å². The van der Waals surface area contributed by atoms with E-state index < -0.39 is 5.91 Å². The van der Waals surface area contributed by atoms with Gasteiger partial charge in [-0.3, -0.25) is 4.79 Å². The van der Waals surface area contributed by atoms with Gasteiger partial charge in [0.2, 0.25) is 0 Å². The highest BCUT2D eigenvalue weighted by Gasteiger charge is 2.10. The first-order valence-corrected chi connectivity index (χ1v) is 8.65. The summed E-state index contributed by atoms with van der Waals surface area (Å²) in [5.41, 5.74) is 2.68. The van der Waals surface area contributed by atoms with E-state index in [9.17, 15) is 10.1 Å². The molecule has 0 spiro atoms. The average molecular weight is 447 g/mol. The van der Waals surface area contributed by atoms with Crippen LogP contribution in [0.4, 0.5) is 5.69 Å².